The number of hydrogen-bond acceptors (Lipinski definition) is 2. The van der Waals surface area contributed by atoms with Gasteiger partial charge < -0.3 is 27.6 Å². The van der Waals surface area contributed by atoms with E-state index in [4.69, 9.17) is 25.5 Å². The van der Waals surface area contributed by atoms with Gasteiger partial charge in [0.2, 0.25) is 0 Å². The van der Waals surface area contributed by atoms with Gasteiger partial charge in [-0.05, 0) is 0 Å². The Kier molecular flexibility index (Phi) is 43.4. The molecule has 9 heteroatoms. The second kappa shape index (κ2) is 26.4. The van der Waals surface area contributed by atoms with Gasteiger partial charge in [-0.15, -0.1) is 6.04 Å². The Morgan fingerprint density at radius 1 is 1.05 bits per heavy atom. The van der Waals surface area contributed by atoms with Crippen molar-refractivity contribution in [3.63, 3.8) is 0 Å². The molecule has 0 aromatic carbocycles. The fourth-order valence-electron chi connectivity index (χ4n) is 1.10. The van der Waals surface area contributed by atoms with Gasteiger partial charge in [-0.1, -0.05) is 32.1 Å². The molecule has 0 aromatic rings. The Hall–Kier alpha value is -0.202. The molecular weight excluding hydrogens is 459 g/mol. The molecule has 0 spiro atoms. The fourth-order valence-corrected chi connectivity index (χ4v) is 1.10. The van der Waals surface area contributed by atoms with Gasteiger partial charge >= 0.3 is 28.2 Å². The summed E-state index contributed by atoms with van der Waals surface area (Å²) >= 11 is 1.61. The van der Waals surface area contributed by atoms with E-state index in [0.717, 1.165) is 26.7 Å². The average molecular weight is 483 g/mol. The molecule has 0 bridgehead atoms. The molecule has 0 unspecified atom stereocenters. The minimum Gasteiger partial charge on any atom is -0.693 e. The molecule has 0 aliphatic heterocycles. The van der Waals surface area contributed by atoms with Crippen molar-refractivity contribution in [2.24, 2.45) is 0 Å². The Balaban J connectivity index is -0.0000000486. The third kappa shape index (κ3) is 73.0. The van der Waals surface area contributed by atoms with Crippen molar-refractivity contribution in [3.8, 4) is 0 Å². The number of carbonyl (C=O) groups is 2. The molecular formula is C10H24ClN2O5Pt-2. The minimum absolute atomic E-state index is 0. The fraction of sp³-hybridized carbons (Fsp3) is 0.800. The third-order valence-corrected chi connectivity index (χ3v) is 1.61. The predicted octanol–water partition coefficient (Wildman–Crippen LogP) is 3.13. The maximum atomic E-state index is 9.00. The normalized spacial score (nSPS) is 12.3. The van der Waals surface area contributed by atoms with Crippen LogP contribution in [0.1, 0.15) is 46.0 Å². The van der Waals surface area contributed by atoms with Gasteiger partial charge in [-0.3, -0.25) is 9.59 Å². The molecule has 1 aliphatic rings. The molecule has 0 radical (unpaired) electrons. The Bertz CT molecular complexity index is 173. The Morgan fingerprint density at radius 3 is 1.37 bits per heavy atom. The van der Waals surface area contributed by atoms with Crippen LogP contribution in [0.4, 0.5) is 0 Å². The standard InChI is InChI=1S/C6H12N.2C2H4O2.ClH.H2N.H2O.Pt/c7-6-4-2-1-3-5-6;2*1-2(3)4;;;;/h6-7H,1-5H2;2*1H3,(H,3,4);1H;2*1H2;/q-1;;;;-1;;+1/p-1. The summed E-state index contributed by atoms with van der Waals surface area (Å²) in [6.07, 6.45) is 6.28. The van der Waals surface area contributed by atoms with Gasteiger partial charge in [-0.25, -0.2) is 0 Å². The number of nitrogens with two attached hydrogens (primary N) is 1. The van der Waals surface area contributed by atoms with E-state index in [1.165, 1.54) is 19.3 Å². The second-order valence-electron chi connectivity index (χ2n) is 3.37. The molecule has 0 atom stereocenters. The molecule has 123 valence electrons. The molecule has 0 amide bonds. The first-order valence-corrected chi connectivity index (χ1v) is 7.90. The summed E-state index contributed by atoms with van der Waals surface area (Å²) in [5.74, 6) is -1.67. The van der Waals surface area contributed by atoms with E-state index in [1.807, 2.05) is 0 Å². The quantitative estimate of drug-likeness (QED) is 0.542. The average Bonchev–Trinajstić information content (AvgIpc) is 2.20. The first-order valence-electron chi connectivity index (χ1n) is 5.08. The van der Waals surface area contributed by atoms with Crippen molar-refractivity contribution in [2.45, 2.75) is 52.0 Å². The molecule has 7 nitrogen and oxygen atoms in total. The maximum absolute atomic E-state index is 9.00. The van der Waals surface area contributed by atoms with Crippen LogP contribution in [0.5, 0.6) is 0 Å². The summed E-state index contributed by atoms with van der Waals surface area (Å²) in [5.41, 5.74) is 7.27. The van der Waals surface area contributed by atoms with Gasteiger partial charge in [0.25, 0.3) is 11.9 Å². The van der Waals surface area contributed by atoms with E-state index in [0.29, 0.717) is 0 Å². The Labute approximate surface area is 129 Å². The molecule has 0 heterocycles. The molecule has 1 saturated carbocycles. The van der Waals surface area contributed by atoms with Crippen molar-refractivity contribution < 1.29 is 44.1 Å². The van der Waals surface area contributed by atoms with Crippen LogP contribution in [-0.4, -0.2) is 33.7 Å². The van der Waals surface area contributed by atoms with E-state index in [-0.39, 0.29) is 17.7 Å². The van der Waals surface area contributed by atoms with Crippen molar-refractivity contribution in [1.82, 2.24) is 0 Å². The third-order valence-electron chi connectivity index (χ3n) is 1.61. The summed E-state index contributed by atoms with van der Waals surface area (Å²) in [6, 6.07) is 0.286. The first-order chi connectivity index (χ1) is 7.86. The predicted molar refractivity (Wildman–Crippen MR) is 72.6 cm³/mol. The number of carboxylic acid groups (broad SMARTS) is 2. The van der Waals surface area contributed by atoms with Crippen molar-refractivity contribution in [1.29, 1.82) is 0 Å². The second-order valence-corrected chi connectivity index (χ2v) is 3.37. The van der Waals surface area contributed by atoms with Gasteiger partial charge in [0.15, 0.2) is 0 Å². The molecule has 1 fully saturated rings. The van der Waals surface area contributed by atoms with Gasteiger partial charge in [0, 0.05) is 13.8 Å². The molecule has 1 rings (SSSR count). The number of aliphatic carboxylic acids is 2. The van der Waals surface area contributed by atoms with E-state index < -0.39 is 11.9 Å². The number of carboxylic acids is 2. The number of hydrogen-bond donors (Lipinski definition) is 2. The topological polar surface area (TPSA) is 163 Å². The first kappa shape index (κ1) is 31.3. The SMILES string of the molecule is CC(=O)O.CC(=O)O.O.[Cl][Pt].[NH-]C1CCCCC1.[NH2-]. The summed E-state index contributed by atoms with van der Waals surface area (Å²) in [5, 5.41) is 14.8. The van der Waals surface area contributed by atoms with Crippen molar-refractivity contribution in [3.05, 3.63) is 11.9 Å². The minimum atomic E-state index is -0.833. The van der Waals surface area contributed by atoms with Crippen LogP contribution in [0.15, 0.2) is 0 Å². The zero-order chi connectivity index (χ0) is 14.3. The van der Waals surface area contributed by atoms with Gasteiger partial charge in [-0.2, -0.15) is 0 Å². The largest absolute Gasteiger partial charge is 0.693 e. The van der Waals surface area contributed by atoms with E-state index in [2.05, 4.69) is 9.42 Å². The molecule has 1 aliphatic carbocycles. The van der Waals surface area contributed by atoms with Crippen LogP contribution in [0.2, 0.25) is 0 Å². The van der Waals surface area contributed by atoms with E-state index in [9.17, 15) is 0 Å². The van der Waals surface area contributed by atoms with Crippen LogP contribution in [0, 0.1) is 0 Å². The van der Waals surface area contributed by atoms with Crippen LogP contribution in [0.3, 0.4) is 0 Å². The van der Waals surface area contributed by atoms with Crippen molar-refractivity contribution >= 4 is 21.4 Å². The molecule has 0 aromatic heterocycles. The summed E-state index contributed by atoms with van der Waals surface area (Å²) in [6.45, 7) is 2.17. The van der Waals surface area contributed by atoms with Gasteiger partial charge in [0.05, 0.1) is 0 Å². The smallest absolute Gasteiger partial charge is 0.0534 e. The zero-order valence-electron chi connectivity index (χ0n) is 11.1. The van der Waals surface area contributed by atoms with E-state index in [1.54, 1.807) is 18.8 Å². The van der Waals surface area contributed by atoms with E-state index >= 15 is 0 Å². The number of halogens is 1. The molecule has 19 heavy (non-hydrogen) atoms. The maximum Gasteiger partial charge on any atom is -0.0534 e. The van der Waals surface area contributed by atoms with Crippen LogP contribution in [-0.2, 0) is 28.4 Å². The zero-order valence-corrected chi connectivity index (χ0v) is 14.1. The van der Waals surface area contributed by atoms with Crippen LogP contribution in [0.25, 0.3) is 11.9 Å². The molecule has 7 N–H and O–H groups in total. The summed E-state index contributed by atoms with van der Waals surface area (Å²) < 4.78 is 0. The monoisotopic (exact) mass is 482 g/mol. The Morgan fingerprint density at radius 2 is 1.26 bits per heavy atom. The van der Waals surface area contributed by atoms with Crippen LogP contribution < -0.4 is 0 Å². The number of rotatable bonds is 0. The molecule has 0 saturated heterocycles. The summed E-state index contributed by atoms with van der Waals surface area (Å²) in [7, 11) is 4.61. The van der Waals surface area contributed by atoms with Gasteiger partial charge in [0.1, 0.15) is 0 Å². The van der Waals surface area contributed by atoms with Crippen molar-refractivity contribution in [2.75, 3.05) is 0 Å². The van der Waals surface area contributed by atoms with Crippen LogP contribution >= 0.6 is 9.42 Å². The summed E-state index contributed by atoms with van der Waals surface area (Å²) in [4.78, 5) is 18.0. The number of nitrogens with one attached hydrogen (secondary N) is 1.